The number of amides is 2. The highest BCUT2D eigenvalue weighted by molar-refractivity contribution is 5.92. The van der Waals surface area contributed by atoms with Crippen molar-refractivity contribution in [3.05, 3.63) is 23.7 Å². The van der Waals surface area contributed by atoms with E-state index >= 15 is 0 Å². The topological polar surface area (TPSA) is 86.0 Å². The second-order valence-electron chi connectivity index (χ2n) is 7.49. The lowest BCUT2D eigenvalue weighted by atomic mass is 10.1. The minimum atomic E-state index is -0.290. The molecule has 2 aliphatic rings. The number of carbonyl (C=O) groups is 2. The average Bonchev–Trinajstić information content (AvgIpc) is 3.42. The predicted molar refractivity (Wildman–Crippen MR) is 101 cm³/mol. The molecule has 0 radical (unpaired) electrons. The molecule has 0 unspecified atom stereocenters. The van der Waals surface area contributed by atoms with E-state index in [2.05, 4.69) is 10.2 Å². The number of nitrogens with zero attached hydrogens (tertiary/aromatic N) is 2. The summed E-state index contributed by atoms with van der Waals surface area (Å²) in [6.45, 7) is 5.89. The van der Waals surface area contributed by atoms with E-state index in [1.807, 2.05) is 18.7 Å². The third-order valence-corrected chi connectivity index (χ3v) is 5.87. The van der Waals surface area contributed by atoms with E-state index in [1.165, 1.54) is 12.8 Å². The Bertz CT molecular complexity index is 649. The van der Waals surface area contributed by atoms with E-state index in [0.29, 0.717) is 37.9 Å². The third-order valence-electron chi connectivity index (χ3n) is 5.87. The van der Waals surface area contributed by atoms with Crippen molar-refractivity contribution < 1.29 is 19.1 Å². The molecule has 27 heavy (non-hydrogen) atoms. The van der Waals surface area contributed by atoms with Crippen LogP contribution in [-0.4, -0.2) is 64.5 Å². The van der Waals surface area contributed by atoms with Gasteiger partial charge >= 0.3 is 0 Å². The van der Waals surface area contributed by atoms with Crippen molar-refractivity contribution >= 4 is 11.8 Å². The zero-order valence-corrected chi connectivity index (χ0v) is 16.3. The summed E-state index contributed by atoms with van der Waals surface area (Å²) in [7, 11) is 0. The lowest BCUT2D eigenvalue weighted by molar-refractivity contribution is -0.136. The van der Waals surface area contributed by atoms with Crippen LogP contribution in [0.2, 0.25) is 0 Å². The molecule has 1 saturated heterocycles. The molecule has 150 valence electrons. The van der Waals surface area contributed by atoms with E-state index in [4.69, 9.17) is 9.52 Å². The van der Waals surface area contributed by atoms with Crippen LogP contribution in [-0.2, 0) is 11.4 Å². The molecular formula is C20H31N3O4. The standard InChI is InChI=1S/C20H31N3O4/c1-3-22(4-2)20(26)17-11-14(12-23(17)15-7-5-6-8-15)21-19(25)18-10-9-16(13-24)27-18/h9-10,14-15,17,24H,3-8,11-13H2,1-2H3,(H,21,25)/t14-,17+/m1/s1. The highest BCUT2D eigenvalue weighted by Crippen LogP contribution is 2.31. The average molecular weight is 377 g/mol. The van der Waals surface area contributed by atoms with E-state index in [1.54, 1.807) is 12.1 Å². The maximum Gasteiger partial charge on any atom is 0.287 e. The number of likely N-dealkylation sites (tertiary alicyclic amines) is 1. The molecule has 3 rings (SSSR count). The lowest BCUT2D eigenvalue weighted by Crippen LogP contribution is -2.48. The highest BCUT2D eigenvalue weighted by atomic mass is 16.4. The van der Waals surface area contributed by atoms with E-state index in [9.17, 15) is 9.59 Å². The maximum absolute atomic E-state index is 13.0. The third kappa shape index (κ3) is 4.35. The Morgan fingerprint density at radius 2 is 1.96 bits per heavy atom. The molecule has 7 heteroatoms. The van der Waals surface area contributed by atoms with E-state index in [0.717, 1.165) is 12.8 Å². The fraction of sp³-hybridized carbons (Fsp3) is 0.700. The maximum atomic E-state index is 13.0. The minimum absolute atomic E-state index is 0.0784. The fourth-order valence-electron chi connectivity index (χ4n) is 4.44. The molecule has 1 aromatic heterocycles. The summed E-state index contributed by atoms with van der Waals surface area (Å²) in [6.07, 6.45) is 5.30. The Hall–Kier alpha value is -1.86. The Morgan fingerprint density at radius 1 is 1.26 bits per heavy atom. The van der Waals surface area contributed by atoms with E-state index < -0.39 is 0 Å². The van der Waals surface area contributed by atoms with Crippen LogP contribution in [0.1, 0.15) is 62.3 Å². The molecule has 2 atom stereocenters. The first-order chi connectivity index (χ1) is 13.1. The summed E-state index contributed by atoms with van der Waals surface area (Å²) < 4.78 is 5.33. The number of aliphatic hydroxyl groups excluding tert-OH is 1. The van der Waals surface area contributed by atoms with Gasteiger partial charge in [-0.2, -0.15) is 0 Å². The quantitative estimate of drug-likeness (QED) is 0.756. The summed E-state index contributed by atoms with van der Waals surface area (Å²) in [4.78, 5) is 29.7. The van der Waals surface area contributed by atoms with Crippen LogP contribution in [0.5, 0.6) is 0 Å². The Kier molecular flexibility index (Phi) is 6.55. The van der Waals surface area contributed by atoms with Gasteiger partial charge < -0.3 is 19.7 Å². The second kappa shape index (κ2) is 8.89. The summed E-state index contributed by atoms with van der Waals surface area (Å²) in [6, 6.07) is 3.36. The molecule has 2 N–H and O–H groups in total. The van der Waals surface area contributed by atoms with Gasteiger partial charge in [-0.25, -0.2) is 0 Å². The van der Waals surface area contributed by atoms with Gasteiger partial charge in [0.2, 0.25) is 5.91 Å². The molecule has 0 bridgehead atoms. The van der Waals surface area contributed by atoms with Gasteiger partial charge in [-0.3, -0.25) is 14.5 Å². The van der Waals surface area contributed by atoms with Crippen LogP contribution in [0.25, 0.3) is 0 Å². The monoisotopic (exact) mass is 377 g/mol. The molecule has 0 spiro atoms. The van der Waals surface area contributed by atoms with Gasteiger partial charge in [0, 0.05) is 31.7 Å². The normalized spacial score (nSPS) is 23.7. The molecule has 1 saturated carbocycles. The van der Waals surface area contributed by atoms with Crippen molar-refractivity contribution in [1.82, 2.24) is 15.1 Å². The summed E-state index contributed by atoms with van der Waals surface area (Å²) in [5.41, 5.74) is 0. The van der Waals surface area contributed by atoms with Gasteiger partial charge in [0.25, 0.3) is 5.91 Å². The van der Waals surface area contributed by atoms with Crippen LogP contribution in [0.4, 0.5) is 0 Å². The number of aliphatic hydroxyl groups is 1. The fourth-order valence-corrected chi connectivity index (χ4v) is 4.44. The van der Waals surface area contributed by atoms with Crippen molar-refractivity contribution in [3.8, 4) is 0 Å². The number of likely N-dealkylation sites (N-methyl/N-ethyl adjacent to an activating group) is 1. The van der Waals surface area contributed by atoms with Crippen LogP contribution in [0.3, 0.4) is 0 Å². The molecule has 0 aromatic carbocycles. The number of nitrogens with one attached hydrogen (secondary N) is 1. The van der Waals surface area contributed by atoms with Crippen LogP contribution in [0.15, 0.2) is 16.5 Å². The number of hydrogen-bond acceptors (Lipinski definition) is 5. The lowest BCUT2D eigenvalue weighted by Gasteiger charge is -2.32. The number of carbonyl (C=O) groups excluding carboxylic acids is 2. The van der Waals surface area contributed by atoms with Crippen LogP contribution in [0, 0.1) is 0 Å². The number of rotatable bonds is 7. The first-order valence-corrected chi connectivity index (χ1v) is 10.1. The Labute approximate surface area is 160 Å². The van der Waals surface area contributed by atoms with Crippen LogP contribution >= 0.6 is 0 Å². The van der Waals surface area contributed by atoms with Crippen molar-refractivity contribution in [2.24, 2.45) is 0 Å². The van der Waals surface area contributed by atoms with Gasteiger partial charge in [-0.05, 0) is 45.2 Å². The zero-order chi connectivity index (χ0) is 19.4. The molecule has 1 aromatic rings. The molecule has 7 nitrogen and oxygen atoms in total. The van der Waals surface area contributed by atoms with Gasteiger partial charge in [0.05, 0.1) is 6.04 Å². The van der Waals surface area contributed by atoms with Gasteiger partial charge in [0.1, 0.15) is 12.4 Å². The van der Waals surface area contributed by atoms with Gasteiger partial charge in [-0.15, -0.1) is 0 Å². The van der Waals surface area contributed by atoms with Crippen molar-refractivity contribution in [2.45, 2.75) is 70.7 Å². The molecule has 2 heterocycles. The zero-order valence-electron chi connectivity index (χ0n) is 16.3. The Balaban J connectivity index is 1.69. The Morgan fingerprint density at radius 3 is 2.56 bits per heavy atom. The summed E-state index contributed by atoms with van der Waals surface area (Å²) in [5, 5.41) is 12.1. The van der Waals surface area contributed by atoms with Crippen molar-refractivity contribution in [2.75, 3.05) is 19.6 Å². The first kappa shape index (κ1) is 19.9. The molecular weight excluding hydrogens is 346 g/mol. The smallest absolute Gasteiger partial charge is 0.287 e. The molecule has 2 amide bonds. The van der Waals surface area contributed by atoms with Crippen LogP contribution < -0.4 is 5.32 Å². The van der Waals surface area contributed by atoms with Crippen molar-refractivity contribution in [3.63, 3.8) is 0 Å². The van der Waals surface area contributed by atoms with Crippen molar-refractivity contribution in [1.29, 1.82) is 0 Å². The van der Waals surface area contributed by atoms with Gasteiger partial charge in [-0.1, -0.05) is 12.8 Å². The van der Waals surface area contributed by atoms with Gasteiger partial charge in [0.15, 0.2) is 5.76 Å². The summed E-state index contributed by atoms with van der Waals surface area (Å²) in [5.74, 6) is 0.449. The first-order valence-electron chi connectivity index (χ1n) is 10.1. The SMILES string of the molecule is CCN(CC)C(=O)[C@@H]1C[C@@H](NC(=O)c2ccc(CO)o2)CN1C1CCCC1. The minimum Gasteiger partial charge on any atom is -0.453 e. The second-order valence-corrected chi connectivity index (χ2v) is 7.49. The predicted octanol–water partition coefficient (Wildman–Crippen LogP) is 1.76. The number of hydrogen-bond donors (Lipinski definition) is 2. The molecule has 2 fully saturated rings. The summed E-state index contributed by atoms with van der Waals surface area (Å²) >= 11 is 0. The highest BCUT2D eigenvalue weighted by Gasteiger charge is 2.42. The number of furan rings is 1. The molecule has 1 aliphatic heterocycles. The molecule has 1 aliphatic carbocycles. The largest absolute Gasteiger partial charge is 0.453 e. The van der Waals surface area contributed by atoms with E-state index in [-0.39, 0.29) is 36.3 Å².